The van der Waals surface area contributed by atoms with Crippen molar-refractivity contribution in [1.29, 1.82) is 0 Å². The van der Waals surface area contributed by atoms with Crippen molar-refractivity contribution in [2.45, 2.75) is 39.2 Å². The molecule has 0 fully saturated rings. The maximum atomic E-state index is 11.1. The van der Waals surface area contributed by atoms with E-state index in [1.165, 1.54) is 0 Å². The van der Waals surface area contributed by atoms with E-state index in [9.17, 15) is 9.59 Å². The lowest BCUT2D eigenvalue weighted by atomic mass is 10.1. The predicted molar refractivity (Wildman–Crippen MR) is 45.2 cm³/mol. The Balaban J connectivity index is 3.69. The van der Waals surface area contributed by atoms with Crippen LogP contribution in [0.2, 0.25) is 0 Å². The minimum absolute atomic E-state index is 0.0424. The van der Waals surface area contributed by atoms with Crippen LogP contribution in [0.5, 0.6) is 0 Å². The number of Topliss-reactive ketones (excluding diaryl/α,β-unsaturated/α-hetero) is 1. The Morgan fingerprint density at radius 1 is 1.50 bits per heavy atom. The highest BCUT2D eigenvalue weighted by atomic mass is 16.4. The molecule has 2 N–H and O–H groups in total. The third-order valence-corrected chi connectivity index (χ3v) is 1.60. The number of carbonyl (C=O) groups excluding carboxylic acids is 1. The van der Waals surface area contributed by atoms with Crippen molar-refractivity contribution in [2.24, 2.45) is 0 Å². The Labute approximate surface area is 72.0 Å². The molecular weight excluding hydrogens is 158 g/mol. The van der Waals surface area contributed by atoms with Crippen LogP contribution < -0.4 is 5.32 Å². The van der Waals surface area contributed by atoms with Gasteiger partial charge in [0, 0.05) is 6.42 Å². The molecule has 1 atom stereocenters. The molecule has 0 aliphatic rings. The molecule has 0 rings (SSSR count). The first-order chi connectivity index (χ1) is 5.57. The number of carbonyl (C=O) groups is 2. The molecule has 4 nitrogen and oxygen atoms in total. The summed E-state index contributed by atoms with van der Waals surface area (Å²) in [6.07, 6.45) is 1.08. The number of ketones is 1. The Hall–Kier alpha value is -1.06. The summed E-state index contributed by atoms with van der Waals surface area (Å²) in [7, 11) is 0. The van der Waals surface area contributed by atoms with E-state index in [0.29, 0.717) is 6.42 Å². The molecule has 0 spiro atoms. The molecule has 0 bridgehead atoms. The van der Waals surface area contributed by atoms with Gasteiger partial charge in [-0.25, -0.2) is 4.79 Å². The van der Waals surface area contributed by atoms with E-state index in [0.717, 1.165) is 12.8 Å². The zero-order valence-electron chi connectivity index (χ0n) is 7.46. The molecule has 0 saturated carbocycles. The fraction of sp³-hybridized carbons (Fsp3) is 0.750. The third kappa shape index (κ3) is 4.71. The molecule has 70 valence electrons. The summed E-state index contributed by atoms with van der Waals surface area (Å²) in [6, 6.07) is -0.575. The van der Waals surface area contributed by atoms with Gasteiger partial charge in [-0.2, -0.15) is 0 Å². The second-order valence-electron chi connectivity index (χ2n) is 2.74. The number of hydrogen-bond donors (Lipinski definition) is 2. The van der Waals surface area contributed by atoms with Crippen LogP contribution in [-0.2, 0) is 4.79 Å². The molecule has 0 aromatic heterocycles. The van der Waals surface area contributed by atoms with Gasteiger partial charge in [0.15, 0.2) is 5.78 Å². The van der Waals surface area contributed by atoms with Crippen LogP contribution in [0.25, 0.3) is 0 Å². The molecule has 1 amide bonds. The van der Waals surface area contributed by atoms with Crippen LogP contribution in [0.3, 0.4) is 0 Å². The van der Waals surface area contributed by atoms with Crippen molar-refractivity contribution >= 4 is 11.9 Å². The lowest BCUT2D eigenvalue weighted by molar-refractivity contribution is -0.120. The Bertz CT molecular complexity index is 168. The van der Waals surface area contributed by atoms with Crippen LogP contribution in [0.15, 0.2) is 0 Å². The predicted octanol–water partition coefficient (Wildman–Crippen LogP) is 1.40. The molecule has 0 aliphatic carbocycles. The van der Waals surface area contributed by atoms with Crippen LogP contribution in [0.1, 0.15) is 33.1 Å². The van der Waals surface area contributed by atoms with Crippen LogP contribution in [-0.4, -0.2) is 23.0 Å². The first kappa shape index (κ1) is 10.9. The quantitative estimate of drug-likeness (QED) is 0.660. The summed E-state index contributed by atoms with van der Waals surface area (Å²) in [5.41, 5.74) is 0. The fourth-order valence-electron chi connectivity index (χ4n) is 0.833. The highest BCUT2D eigenvalue weighted by Crippen LogP contribution is 1.98. The Morgan fingerprint density at radius 3 is 2.50 bits per heavy atom. The van der Waals surface area contributed by atoms with Gasteiger partial charge in [0.2, 0.25) is 0 Å². The Morgan fingerprint density at radius 2 is 2.08 bits per heavy atom. The van der Waals surface area contributed by atoms with E-state index in [2.05, 4.69) is 5.32 Å². The summed E-state index contributed by atoms with van der Waals surface area (Å²) in [5, 5.41) is 10.4. The molecule has 0 radical (unpaired) electrons. The first-order valence-electron chi connectivity index (χ1n) is 4.10. The minimum atomic E-state index is -1.15. The van der Waals surface area contributed by atoms with Crippen LogP contribution in [0.4, 0.5) is 4.79 Å². The average molecular weight is 173 g/mol. The summed E-state index contributed by atoms with van der Waals surface area (Å²) in [5.74, 6) is -0.0424. The zero-order chi connectivity index (χ0) is 9.56. The maximum Gasteiger partial charge on any atom is 0.405 e. The molecule has 0 aromatic rings. The lowest BCUT2D eigenvalue weighted by Gasteiger charge is -2.08. The molecule has 0 saturated heterocycles. The number of nitrogens with one attached hydrogen (secondary N) is 1. The van der Waals surface area contributed by atoms with E-state index in [1.807, 2.05) is 6.92 Å². The van der Waals surface area contributed by atoms with Gasteiger partial charge in [0.05, 0.1) is 6.04 Å². The highest BCUT2D eigenvalue weighted by molar-refractivity contribution is 5.86. The third-order valence-electron chi connectivity index (χ3n) is 1.60. The van der Waals surface area contributed by atoms with E-state index < -0.39 is 12.1 Å². The molecule has 0 heterocycles. The molecule has 12 heavy (non-hydrogen) atoms. The van der Waals surface area contributed by atoms with Crippen molar-refractivity contribution in [2.75, 3.05) is 0 Å². The number of amides is 1. The summed E-state index contributed by atoms with van der Waals surface area (Å²) >= 11 is 0. The van der Waals surface area contributed by atoms with Gasteiger partial charge in [0.25, 0.3) is 0 Å². The lowest BCUT2D eigenvalue weighted by Crippen LogP contribution is -2.37. The van der Waals surface area contributed by atoms with E-state index >= 15 is 0 Å². The van der Waals surface area contributed by atoms with Crippen LogP contribution >= 0.6 is 0 Å². The van der Waals surface area contributed by atoms with E-state index in [-0.39, 0.29) is 5.78 Å². The van der Waals surface area contributed by atoms with Crippen molar-refractivity contribution in [1.82, 2.24) is 5.32 Å². The van der Waals surface area contributed by atoms with Crippen molar-refractivity contribution in [3.8, 4) is 0 Å². The van der Waals surface area contributed by atoms with Gasteiger partial charge in [-0.3, -0.25) is 4.79 Å². The van der Waals surface area contributed by atoms with Gasteiger partial charge in [-0.15, -0.1) is 0 Å². The Kier molecular flexibility index (Phi) is 5.08. The van der Waals surface area contributed by atoms with Crippen LogP contribution in [0, 0.1) is 0 Å². The van der Waals surface area contributed by atoms with Gasteiger partial charge in [-0.1, -0.05) is 13.3 Å². The number of rotatable bonds is 5. The molecule has 4 heteroatoms. The molecular formula is C8H15NO3. The highest BCUT2D eigenvalue weighted by Gasteiger charge is 2.13. The maximum absolute atomic E-state index is 11.1. The molecule has 0 aromatic carbocycles. The fourth-order valence-corrected chi connectivity index (χ4v) is 0.833. The topological polar surface area (TPSA) is 66.4 Å². The number of unbranched alkanes of at least 4 members (excludes halogenated alkanes) is 1. The average Bonchev–Trinajstić information content (AvgIpc) is 1.98. The number of hydrogen-bond acceptors (Lipinski definition) is 2. The second kappa shape index (κ2) is 5.57. The second-order valence-corrected chi connectivity index (χ2v) is 2.74. The summed E-state index contributed by atoms with van der Waals surface area (Å²) in [4.78, 5) is 21.2. The summed E-state index contributed by atoms with van der Waals surface area (Å²) in [6.45, 7) is 3.55. The van der Waals surface area contributed by atoms with Gasteiger partial charge in [-0.05, 0) is 13.3 Å². The SMILES string of the molecule is CCCCC(=O)C(C)NC(=O)O. The van der Waals surface area contributed by atoms with Gasteiger partial charge < -0.3 is 10.4 Å². The smallest absolute Gasteiger partial charge is 0.405 e. The summed E-state index contributed by atoms with van der Waals surface area (Å²) < 4.78 is 0. The monoisotopic (exact) mass is 173 g/mol. The molecule has 0 aliphatic heterocycles. The molecule has 1 unspecified atom stereocenters. The van der Waals surface area contributed by atoms with Crippen molar-refractivity contribution < 1.29 is 14.7 Å². The largest absolute Gasteiger partial charge is 0.465 e. The zero-order valence-corrected chi connectivity index (χ0v) is 7.46. The van der Waals surface area contributed by atoms with E-state index in [4.69, 9.17) is 5.11 Å². The van der Waals surface area contributed by atoms with Gasteiger partial charge in [0.1, 0.15) is 0 Å². The first-order valence-corrected chi connectivity index (χ1v) is 4.10. The van der Waals surface area contributed by atoms with Crippen molar-refractivity contribution in [3.05, 3.63) is 0 Å². The number of carboxylic acid groups (broad SMARTS) is 1. The van der Waals surface area contributed by atoms with E-state index in [1.54, 1.807) is 6.92 Å². The standard InChI is InChI=1S/C8H15NO3/c1-3-4-5-7(10)6(2)9-8(11)12/h6,9H,3-5H2,1-2H3,(H,11,12). The minimum Gasteiger partial charge on any atom is -0.465 e. The normalized spacial score (nSPS) is 12.2. The van der Waals surface area contributed by atoms with Gasteiger partial charge >= 0.3 is 6.09 Å². The van der Waals surface area contributed by atoms with Crippen molar-refractivity contribution in [3.63, 3.8) is 0 Å².